The average Bonchev–Trinajstić information content (AvgIpc) is 3.00. The molecule has 2 unspecified atom stereocenters. The van der Waals surface area contributed by atoms with Gasteiger partial charge in [0.15, 0.2) is 0 Å². The summed E-state index contributed by atoms with van der Waals surface area (Å²) in [7, 11) is 0. The molecule has 1 saturated heterocycles. The smallest absolute Gasteiger partial charge is 0.128 e. The Labute approximate surface area is 128 Å². The average molecular weight is 292 g/mol. The van der Waals surface area contributed by atoms with Crippen LogP contribution in [0.3, 0.4) is 0 Å². The van der Waals surface area contributed by atoms with Crippen molar-refractivity contribution in [2.24, 2.45) is 5.73 Å². The van der Waals surface area contributed by atoms with E-state index in [1.165, 1.54) is 12.8 Å². The highest BCUT2D eigenvalue weighted by molar-refractivity contribution is 5.28. The van der Waals surface area contributed by atoms with Gasteiger partial charge in [0.2, 0.25) is 0 Å². The Balaban J connectivity index is 2.37. The van der Waals surface area contributed by atoms with Crippen LogP contribution in [0, 0.1) is 5.82 Å². The van der Waals surface area contributed by atoms with Crippen LogP contribution >= 0.6 is 0 Å². The van der Waals surface area contributed by atoms with E-state index in [1.54, 1.807) is 12.1 Å². The lowest BCUT2D eigenvalue weighted by atomic mass is 9.77. The fraction of sp³-hybridized carbons (Fsp3) is 0.667. The van der Waals surface area contributed by atoms with Crippen LogP contribution in [0.5, 0.6) is 0 Å². The molecule has 2 rings (SSSR count). The van der Waals surface area contributed by atoms with Crippen molar-refractivity contribution >= 4 is 0 Å². The normalized spacial score (nSPS) is 20.4. The molecule has 2 atom stereocenters. The van der Waals surface area contributed by atoms with Gasteiger partial charge in [0.1, 0.15) is 5.82 Å². The molecule has 0 bridgehead atoms. The van der Waals surface area contributed by atoms with Gasteiger partial charge in [-0.1, -0.05) is 44.9 Å². The van der Waals surface area contributed by atoms with Gasteiger partial charge in [-0.05, 0) is 44.8 Å². The molecule has 1 aromatic rings. The van der Waals surface area contributed by atoms with Crippen LogP contribution < -0.4 is 5.73 Å². The molecule has 0 spiro atoms. The third kappa shape index (κ3) is 3.46. The molecule has 1 fully saturated rings. The Bertz CT molecular complexity index is 443. The lowest BCUT2D eigenvalue weighted by molar-refractivity contribution is 0.127. The first kappa shape index (κ1) is 16.4. The number of hydrogen-bond acceptors (Lipinski definition) is 2. The highest BCUT2D eigenvalue weighted by Crippen LogP contribution is 2.35. The first-order valence-electron chi connectivity index (χ1n) is 8.41. The highest BCUT2D eigenvalue weighted by atomic mass is 19.1. The maximum atomic E-state index is 14.4. The minimum atomic E-state index is -0.583. The number of benzene rings is 1. The molecule has 0 radical (unpaired) electrons. The Morgan fingerprint density at radius 3 is 2.48 bits per heavy atom. The first-order valence-corrected chi connectivity index (χ1v) is 8.41. The van der Waals surface area contributed by atoms with Gasteiger partial charge in [0.25, 0.3) is 0 Å². The zero-order valence-electron chi connectivity index (χ0n) is 13.4. The summed E-state index contributed by atoms with van der Waals surface area (Å²) in [4.78, 5) is 2.47. The van der Waals surface area contributed by atoms with E-state index in [1.807, 2.05) is 12.1 Å². The maximum Gasteiger partial charge on any atom is 0.128 e. The van der Waals surface area contributed by atoms with Gasteiger partial charge in [-0.25, -0.2) is 4.39 Å². The predicted octanol–water partition coefficient (Wildman–Crippen LogP) is 4.04. The fourth-order valence-electron chi connectivity index (χ4n) is 3.79. The summed E-state index contributed by atoms with van der Waals surface area (Å²) in [5.74, 6) is -0.159. The molecule has 118 valence electrons. The second-order valence-corrected chi connectivity index (χ2v) is 6.29. The molecule has 0 aromatic heterocycles. The van der Waals surface area contributed by atoms with Crippen molar-refractivity contribution < 1.29 is 4.39 Å². The SMILES string of the molecule is CCCCC(N)(c1ccccc1F)C(CC)N1CCCC1. The molecular weight excluding hydrogens is 263 g/mol. The van der Waals surface area contributed by atoms with Gasteiger partial charge < -0.3 is 5.73 Å². The number of nitrogens with zero attached hydrogens (tertiary/aromatic N) is 1. The number of halogens is 1. The van der Waals surface area contributed by atoms with Crippen molar-refractivity contribution in [2.75, 3.05) is 13.1 Å². The minimum Gasteiger partial charge on any atom is -0.320 e. The lowest BCUT2D eigenvalue weighted by Crippen LogP contribution is -2.55. The predicted molar refractivity (Wildman–Crippen MR) is 86.7 cm³/mol. The Kier molecular flexibility index (Phi) is 5.77. The molecule has 0 aliphatic carbocycles. The monoisotopic (exact) mass is 292 g/mol. The lowest BCUT2D eigenvalue weighted by Gasteiger charge is -2.43. The second-order valence-electron chi connectivity index (χ2n) is 6.29. The summed E-state index contributed by atoms with van der Waals surface area (Å²) >= 11 is 0. The number of unbranched alkanes of at least 4 members (excludes halogenated alkanes) is 1. The van der Waals surface area contributed by atoms with Crippen molar-refractivity contribution in [3.8, 4) is 0 Å². The Morgan fingerprint density at radius 2 is 1.90 bits per heavy atom. The van der Waals surface area contributed by atoms with Crippen LogP contribution in [0.25, 0.3) is 0 Å². The summed E-state index contributed by atoms with van der Waals surface area (Å²) in [5, 5.41) is 0. The molecule has 1 aromatic carbocycles. The van der Waals surface area contributed by atoms with Crippen LogP contribution in [0.15, 0.2) is 24.3 Å². The van der Waals surface area contributed by atoms with Crippen LogP contribution in [-0.4, -0.2) is 24.0 Å². The van der Waals surface area contributed by atoms with Crippen molar-refractivity contribution in [2.45, 2.75) is 64.0 Å². The molecule has 1 heterocycles. The van der Waals surface area contributed by atoms with Gasteiger partial charge in [-0.15, -0.1) is 0 Å². The van der Waals surface area contributed by atoms with Crippen LogP contribution in [0.4, 0.5) is 4.39 Å². The topological polar surface area (TPSA) is 29.3 Å². The minimum absolute atomic E-state index is 0.159. The summed E-state index contributed by atoms with van der Waals surface area (Å²) in [6, 6.07) is 7.30. The molecular formula is C18H29FN2. The van der Waals surface area contributed by atoms with Crippen molar-refractivity contribution in [3.63, 3.8) is 0 Å². The van der Waals surface area contributed by atoms with E-state index >= 15 is 0 Å². The number of rotatable bonds is 7. The van der Waals surface area contributed by atoms with Gasteiger partial charge in [0.05, 0.1) is 5.54 Å². The molecule has 0 saturated carbocycles. The summed E-state index contributed by atoms with van der Waals surface area (Å²) < 4.78 is 14.4. The van der Waals surface area contributed by atoms with Crippen LogP contribution in [0.2, 0.25) is 0 Å². The van der Waals surface area contributed by atoms with E-state index in [-0.39, 0.29) is 11.9 Å². The fourth-order valence-corrected chi connectivity index (χ4v) is 3.79. The summed E-state index contributed by atoms with van der Waals surface area (Å²) in [5.41, 5.74) is 6.97. The van der Waals surface area contributed by atoms with Gasteiger partial charge in [0, 0.05) is 11.6 Å². The molecule has 2 N–H and O–H groups in total. The molecule has 1 aliphatic heterocycles. The molecule has 1 aliphatic rings. The third-order valence-electron chi connectivity index (χ3n) is 4.88. The van der Waals surface area contributed by atoms with E-state index in [4.69, 9.17) is 5.73 Å². The first-order chi connectivity index (χ1) is 10.1. The highest BCUT2D eigenvalue weighted by Gasteiger charge is 2.40. The third-order valence-corrected chi connectivity index (χ3v) is 4.88. The second kappa shape index (κ2) is 7.37. The summed E-state index contributed by atoms with van der Waals surface area (Å²) in [6.07, 6.45) is 6.41. The van der Waals surface area contributed by atoms with Crippen LogP contribution in [-0.2, 0) is 5.54 Å². The van der Waals surface area contributed by atoms with Gasteiger partial charge in [-0.2, -0.15) is 0 Å². The molecule has 0 amide bonds. The van der Waals surface area contributed by atoms with Crippen molar-refractivity contribution in [1.29, 1.82) is 0 Å². The van der Waals surface area contributed by atoms with E-state index in [0.29, 0.717) is 5.56 Å². The van der Waals surface area contributed by atoms with Gasteiger partial charge in [-0.3, -0.25) is 4.90 Å². The standard InChI is InChI=1S/C18H29FN2/c1-3-5-12-18(20,15-10-6-7-11-16(15)19)17(4-2)21-13-8-9-14-21/h6-7,10-11,17H,3-5,8-9,12-14,20H2,1-2H3. The Morgan fingerprint density at radius 1 is 1.24 bits per heavy atom. The van der Waals surface area contributed by atoms with E-state index in [0.717, 1.165) is 38.8 Å². The molecule has 21 heavy (non-hydrogen) atoms. The van der Waals surface area contributed by atoms with Crippen LogP contribution in [0.1, 0.15) is 57.9 Å². The van der Waals surface area contributed by atoms with E-state index in [2.05, 4.69) is 18.7 Å². The summed E-state index contributed by atoms with van der Waals surface area (Å²) in [6.45, 7) is 6.53. The Hall–Kier alpha value is -0.930. The maximum absolute atomic E-state index is 14.4. The number of nitrogens with two attached hydrogens (primary N) is 1. The number of likely N-dealkylation sites (tertiary alicyclic amines) is 1. The van der Waals surface area contributed by atoms with Crippen molar-refractivity contribution in [1.82, 2.24) is 4.90 Å². The van der Waals surface area contributed by atoms with E-state index < -0.39 is 5.54 Å². The quantitative estimate of drug-likeness (QED) is 0.821. The zero-order chi connectivity index (χ0) is 15.3. The molecule has 2 nitrogen and oxygen atoms in total. The number of hydrogen-bond donors (Lipinski definition) is 1. The van der Waals surface area contributed by atoms with E-state index in [9.17, 15) is 4.39 Å². The zero-order valence-corrected chi connectivity index (χ0v) is 13.4. The van der Waals surface area contributed by atoms with Crippen molar-refractivity contribution in [3.05, 3.63) is 35.6 Å². The largest absolute Gasteiger partial charge is 0.320 e. The molecule has 3 heteroatoms. The van der Waals surface area contributed by atoms with Gasteiger partial charge >= 0.3 is 0 Å².